The van der Waals surface area contributed by atoms with E-state index in [9.17, 15) is 9.90 Å². The lowest BCUT2D eigenvalue weighted by atomic mass is 9.70. The van der Waals surface area contributed by atoms with Crippen LogP contribution in [0.15, 0.2) is 0 Å². The van der Waals surface area contributed by atoms with Gasteiger partial charge in [0.25, 0.3) is 0 Å². The topological polar surface area (TPSA) is 57.5 Å². The molecule has 0 aromatic carbocycles. The first-order chi connectivity index (χ1) is 7.62. The van der Waals surface area contributed by atoms with Crippen LogP contribution in [0.25, 0.3) is 0 Å². The molecule has 3 nitrogen and oxygen atoms in total. The Kier molecular flexibility index (Phi) is 3.53. The highest BCUT2D eigenvalue weighted by Crippen LogP contribution is 2.41. The average molecular weight is 226 g/mol. The Balaban J connectivity index is 1.87. The third-order valence-corrected chi connectivity index (χ3v) is 4.57. The molecule has 2 rings (SSSR count). The first kappa shape index (κ1) is 11.9. The van der Waals surface area contributed by atoms with E-state index in [-0.39, 0.29) is 0 Å². The number of aliphatic hydroxyl groups is 1. The van der Waals surface area contributed by atoms with E-state index in [1.165, 1.54) is 32.1 Å². The van der Waals surface area contributed by atoms with Gasteiger partial charge in [-0.15, -0.1) is 0 Å². The fourth-order valence-corrected chi connectivity index (χ4v) is 3.41. The molecule has 0 saturated heterocycles. The Morgan fingerprint density at radius 3 is 1.94 bits per heavy atom. The third-order valence-electron chi connectivity index (χ3n) is 4.57. The highest BCUT2D eigenvalue weighted by atomic mass is 16.4. The molecule has 0 amide bonds. The molecule has 0 radical (unpaired) electrons. The minimum atomic E-state index is -1.43. The van der Waals surface area contributed by atoms with E-state index < -0.39 is 11.6 Å². The number of carboxylic acid groups (broad SMARTS) is 1. The van der Waals surface area contributed by atoms with Crippen LogP contribution in [0.1, 0.15) is 57.8 Å². The van der Waals surface area contributed by atoms with Gasteiger partial charge in [-0.2, -0.15) is 0 Å². The van der Waals surface area contributed by atoms with Crippen LogP contribution in [0.4, 0.5) is 0 Å². The number of hydrogen-bond acceptors (Lipinski definition) is 2. The van der Waals surface area contributed by atoms with Crippen molar-refractivity contribution in [2.45, 2.75) is 63.4 Å². The largest absolute Gasteiger partial charge is 0.479 e. The maximum atomic E-state index is 10.9. The molecule has 0 heterocycles. The van der Waals surface area contributed by atoms with E-state index in [4.69, 9.17) is 5.11 Å². The molecule has 3 heteroatoms. The van der Waals surface area contributed by atoms with E-state index in [1.54, 1.807) is 0 Å². The zero-order valence-corrected chi connectivity index (χ0v) is 9.82. The molecule has 16 heavy (non-hydrogen) atoms. The second-order valence-corrected chi connectivity index (χ2v) is 5.57. The number of carbonyl (C=O) groups is 1. The lowest BCUT2D eigenvalue weighted by Gasteiger charge is -2.38. The van der Waals surface area contributed by atoms with Gasteiger partial charge in [0, 0.05) is 0 Å². The molecule has 2 saturated carbocycles. The summed E-state index contributed by atoms with van der Waals surface area (Å²) in [5, 5.41) is 18.8. The molecule has 0 bridgehead atoms. The summed E-state index contributed by atoms with van der Waals surface area (Å²) in [6.45, 7) is 0. The summed E-state index contributed by atoms with van der Waals surface area (Å²) < 4.78 is 0. The van der Waals surface area contributed by atoms with Crippen molar-refractivity contribution in [2.75, 3.05) is 0 Å². The SMILES string of the molecule is O=C(O)[C@]1(O)CC[C@H](C2CCCCC2)CC1. The summed E-state index contributed by atoms with van der Waals surface area (Å²) in [5.41, 5.74) is -1.43. The van der Waals surface area contributed by atoms with Crippen molar-refractivity contribution < 1.29 is 15.0 Å². The van der Waals surface area contributed by atoms with E-state index in [1.807, 2.05) is 0 Å². The number of aliphatic carboxylic acids is 1. The van der Waals surface area contributed by atoms with E-state index >= 15 is 0 Å². The van der Waals surface area contributed by atoms with Crippen molar-refractivity contribution in [1.29, 1.82) is 0 Å². The molecule has 2 fully saturated rings. The lowest BCUT2D eigenvalue weighted by molar-refractivity contribution is -0.163. The summed E-state index contributed by atoms with van der Waals surface area (Å²) in [4.78, 5) is 10.9. The van der Waals surface area contributed by atoms with Gasteiger partial charge >= 0.3 is 5.97 Å². The van der Waals surface area contributed by atoms with Crippen molar-refractivity contribution in [1.82, 2.24) is 0 Å². The van der Waals surface area contributed by atoms with Crippen LogP contribution < -0.4 is 0 Å². The molecule has 92 valence electrons. The van der Waals surface area contributed by atoms with Crippen molar-refractivity contribution >= 4 is 5.97 Å². The standard InChI is InChI=1S/C13H22O3/c14-12(15)13(16)8-6-11(7-9-13)10-4-2-1-3-5-10/h10-11,16H,1-9H2,(H,14,15)/t11-,13-. The van der Waals surface area contributed by atoms with E-state index in [2.05, 4.69) is 0 Å². The summed E-state index contributed by atoms with van der Waals surface area (Å²) >= 11 is 0. The van der Waals surface area contributed by atoms with Crippen LogP contribution in [0.3, 0.4) is 0 Å². The molecule has 0 unspecified atom stereocenters. The molecule has 2 aliphatic rings. The first-order valence-electron chi connectivity index (χ1n) is 6.57. The lowest BCUT2D eigenvalue weighted by Crippen LogP contribution is -2.43. The van der Waals surface area contributed by atoms with Crippen LogP contribution in [-0.2, 0) is 4.79 Å². The predicted molar refractivity (Wildman–Crippen MR) is 61.1 cm³/mol. The van der Waals surface area contributed by atoms with Crippen LogP contribution in [0.2, 0.25) is 0 Å². The molecular formula is C13H22O3. The normalized spacial score (nSPS) is 37.2. The molecule has 0 aromatic heterocycles. The monoisotopic (exact) mass is 226 g/mol. The van der Waals surface area contributed by atoms with Gasteiger partial charge in [-0.1, -0.05) is 32.1 Å². The maximum absolute atomic E-state index is 10.9. The van der Waals surface area contributed by atoms with Gasteiger partial charge in [0.15, 0.2) is 5.60 Å². The smallest absolute Gasteiger partial charge is 0.335 e. The second kappa shape index (κ2) is 4.74. The average Bonchev–Trinajstić information content (AvgIpc) is 2.31. The second-order valence-electron chi connectivity index (χ2n) is 5.57. The Hall–Kier alpha value is -0.570. The van der Waals surface area contributed by atoms with Gasteiger partial charge in [-0.3, -0.25) is 0 Å². The van der Waals surface area contributed by atoms with Crippen molar-refractivity contribution in [2.24, 2.45) is 11.8 Å². The molecule has 0 aliphatic heterocycles. The van der Waals surface area contributed by atoms with Crippen LogP contribution in [0, 0.1) is 11.8 Å². The van der Waals surface area contributed by atoms with Gasteiger partial charge in [-0.05, 0) is 37.5 Å². The molecule has 0 aromatic rings. The minimum absolute atomic E-state index is 0.448. The molecular weight excluding hydrogens is 204 g/mol. The predicted octanol–water partition coefficient (Wildman–Crippen LogP) is 2.57. The maximum Gasteiger partial charge on any atom is 0.335 e. The van der Waals surface area contributed by atoms with Crippen molar-refractivity contribution in [3.63, 3.8) is 0 Å². The third kappa shape index (κ3) is 2.40. The Bertz CT molecular complexity index is 248. The van der Waals surface area contributed by atoms with Gasteiger partial charge in [-0.25, -0.2) is 4.79 Å². The number of carboxylic acids is 1. The van der Waals surface area contributed by atoms with Gasteiger partial charge in [0.1, 0.15) is 0 Å². The first-order valence-corrected chi connectivity index (χ1v) is 6.57. The van der Waals surface area contributed by atoms with Crippen LogP contribution in [0.5, 0.6) is 0 Å². The van der Waals surface area contributed by atoms with Crippen LogP contribution in [-0.4, -0.2) is 21.8 Å². The quantitative estimate of drug-likeness (QED) is 0.760. The Morgan fingerprint density at radius 1 is 0.938 bits per heavy atom. The molecule has 2 aliphatic carbocycles. The van der Waals surface area contributed by atoms with Crippen molar-refractivity contribution in [3.8, 4) is 0 Å². The molecule has 0 atom stereocenters. The summed E-state index contributed by atoms with van der Waals surface area (Å²) in [6, 6.07) is 0. The van der Waals surface area contributed by atoms with Gasteiger partial charge in [0.2, 0.25) is 0 Å². The summed E-state index contributed by atoms with van der Waals surface area (Å²) in [6.07, 6.45) is 9.36. The van der Waals surface area contributed by atoms with Crippen LogP contribution >= 0.6 is 0 Å². The van der Waals surface area contributed by atoms with E-state index in [0.717, 1.165) is 18.8 Å². The zero-order chi connectivity index (χ0) is 11.6. The molecule has 2 N–H and O–H groups in total. The summed E-state index contributed by atoms with van der Waals surface area (Å²) in [5.74, 6) is 0.432. The van der Waals surface area contributed by atoms with Crippen molar-refractivity contribution in [3.05, 3.63) is 0 Å². The Labute approximate surface area is 96.9 Å². The van der Waals surface area contributed by atoms with Gasteiger partial charge in [0.05, 0.1) is 0 Å². The zero-order valence-electron chi connectivity index (χ0n) is 9.82. The summed E-state index contributed by atoms with van der Waals surface area (Å²) in [7, 11) is 0. The highest BCUT2D eigenvalue weighted by molar-refractivity contribution is 5.77. The van der Waals surface area contributed by atoms with Gasteiger partial charge < -0.3 is 10.2 Å². The molecule has 0 spiro atoms. The number of hydrogen-bond donors (Lipinski definition) is 2. The fraction of sp³-hybridized carbons (Fsp3) is 0.923. The fourth-order valence-electron chi connectivity index (χ4n) is 3.41. The van der Waals surface area contributed by atoms with E-state index in [0.29, 0.717) is 18.8 Å². The Morgan fingerprint density at radius 2 is 1.44 bits per heavy atom. The minimum Gasteiger partial charge on any atom is -0.479 e. The highest BCUT2D eigenvalue weighted by Gasteiger charge is 2.41. The number of rotatable bonds is 2.